The molecule has 3 aromatic carbocycles. The molecule has 0 heterocycles. The number of aliphatic imine (C=N–C) groups is 1. The highest BCUT2D eigenvalue weighted by molar-refractivity contribution is 5.95. The predicted molar refractivity (Wildman–Crippen MR) is 190 cm³/mol. The molecule has 286 valence electrons. The van der Waals surface area contributed by atoms with E-state index in [0.29, 0.717) is 6.42 Å². The first-order valence-electron chi connectivity index (χ1n) is 16.5. The Morgan fingerprint density at radius 2 is 1.30 bits per heavy atom. The Bertz CT molecular complexity index is 1620. The lowest BCUT2D eigenvalue weighted by Crippen LogP contribution is -2.48. The van der Waals surface area contributed by atoms with E-state index >= 15 is 0 Å². The van der Waals surface area contributed by atoms with Crippen molar-refractivity contribution < 1.29 is 47.4 Å². The number of aliphatic carboxylic acids is 1. The molecule has 1 atom stereocenters. The average Bonchev–Trinajstić information content (AvgIpc) is 3.11. The topological polar surface area (TPSA) is 224 Å². The first-order chi connectivity index (χ1) is 25.1. The molecular formula is C36H44F3N7O7. The lowest BCUT2D eigenvalue weighted by atomic mass is 9.90. The molecule has 14 nitrogen and oxygen atoms in total. The van der Waals surface area contributed by atoms with Crippen molar-refractivity contribution in [1.82, 2.24) is 26.6 Å². The van der Waals surface area contributed by atoms with Gasteiger partial charge in [0.1, 0.15) is 11.8 Å². The number of phenols is 1. The Morgan fingerprint density at radius 1 is 0.774 bits per heavy atom. The average molecular weight is 744 g/mol. The quantitative estimate of drug-likeness (QED) is 0.0655. The minimum absolute atomic E-state index is 0.102. The second-order valence-electron chi connectivity index (χ2n) is 11.7. The van der Waals surface area contributed by atoms with Crippen LogP contribution in [0, 0.1) is 5.92 Å². The van der Waals surface area contributed by atoms with E-state index < -0.39 is 30.1 Å². The van der Waals surface area contributed by atoms with Gasteiger partial charge in [-0.05, 0) is 41.7 Å². The number of carbonyl (C=O) groups is 5. The number of carboxylic acid groups (broad SMARTS) is 1. The molecule has 9 N–H and O–H groups in total. The molecule has 0 aliphatic heterocycles. The summed E-state index contributed by atoms with van der Waals surface area (Å²) in [6.45, 7) is 4.44. The minimum atomic E-state index is -5.08. The third-order valence-corrected chi connectivity index (χ3v) is 7.22. The second-order valence-corrected chi connectivity index (χ2v) is 11.7. The van der Waals surface area contributed by atoms with Crippen LogP contribution in [-0.4, -0.2) is 77.7 Å². The van der Waals surface area contributed by atoms with Crippen LogP contribution in [0.25, 0.3) is 0 Å². The van der Waals surface area contributed by atoms with Gasteiger partial charge in [-0.3, -0.25) is 24.7 Å². The fourth-order valence-corrected chi connectivity index (χ4v) is 4.50. The van der Waals surface area contributed by atoms with E-state index in [4.69, 9.17) is 15.6 Å². The molecular weight excluding hydrogens is 699 g/mol. The number of halogens is 3. The van der Waals surface area contributed by atoms with Gasteiger partial charge in [-0.2, -0.15) is 13.2 Å². The molecule has 0 saturated carbocycles. The molecule has 17 heteroatoms. The van der Waals surface area contributed by atoms with Crippen LogP contribution in [0.3, 0.4) is 0 Å². The number of carbonyl (C=O) groups excluding carboxylic acids is 4. The minimum Gasteiger partial charge on any atom is -0.508 e. The van der Waals surface area contributed by atoms with E-state index in [-0.39, 0.29) is 67.9 Å². The Labute approximate surface area is 304 Å². The summed E-state index contributed by atoms with van der Waals surface area (Å²) in [5.74, 6) is -4.33. The summed E-state index contributed by atoms with van der Waals surface area (Å²) in [7, 11) is 0. The maximum atomic E-state index is 13.8. The van der Waals surface area contributed by atoms with Gasteiger partial charge in [-0.15, -0.1) is 0 Å². The standard InChI is InChI=1S/C34H43N7O5.C2HF3O2/c1-23(2)30(43)36-20-21-38-34(46)41-33(35)37-19-9-14-28(31(44)39-22-24-15-17-27(42)18-16-24)40-32(45)29(25-10-5-3-6-11-25)26-12-7-4-8-13-26;3-2(4,5)1(6)7/h3-8,10-13,15-18,23,28-29,42H,9,14,19-22H2,1-2H3,(H,36,43)(H,39,44)(H,40,45)(H4,35,37,38,41,46);(H,6,7)/t28-;/m1./s1. The monoisotopic (exact) mass is 743 g/mol. The van der Waals surface area contributed by atoms with E-state index in [1.54, 1.807) is 26.0 Å². The number of phenolic OH excluding ortho intramolecular Hbond substituents is 1. The summed E-state index contributed by atoms with van der Waals surface area (Å²) >= 11 is 0. The highest BCUT2D eigenvalue weighted by Crippen LogP contribution is 2.25. The zero-order valence-corrected chi connectivity index (χ0v) is 29.2. The van der Waals surface area contributed by atoms with Crippen LogP contribution in [0.5, 0.6) is 5.75 Å². The summed E-state index contributed by atoms with van der Waals surface area (Å²) < 4.78 is 31.7. The molecule has 0 aromatic heterocycles. The summed E-state index contributed by atoms with van der Waals surface area (Å²) in [5.41, 5.74) is 8.22. The van der Waals surface area contributed by atoms with Crippen molar-refractivity contribution in [2.45, 2.75) is 51.4 Å². The molecule has 0 unspecified atom stereocenters. The van der Waals surface area contributed by atoms with Gasteiger partial charge in [-0.1, -0.05) is 86.6 Å². The van der Waals surface area contributed by atoms with Crippen molar-refractivity contribution in [3.63, 3.8) is 0 Å². The van der Waals surface area contributed by atoms with Crippen LogP contribution in [-0.2, 0) is 25.7 Å². The molecule has 53 heavy (non-hydrogen) atoms. The van der Waals surface area contributed by atoms with Crippen LogP contribution >= 0.6 is 0 Å². The normalized spacial score (nSPS) is 11.8. The van der Waals surface area contributed by atoms with Gasteiger partial charge in [-0.25, -0.2) is 9.59 Å². The van der Waals surface area contributed by atoms with Gasteiger partial charge >= 0.3 is 18.2 Å². The number of hydrogen-bond donors (Lipinski definition) is 8. The van der Waals surface area contributed by atoms with Crippen molar-refractivity contribution in [3.8, 4) is 5.75 Å². The van der Waals surface area contributed by atoms with Gasteiger partial charge in [0.25, 0.3) is 0 Å². The van der Waals surface area contributed by atoms with Crippen LogP contribution in [0.4, 0.5) is 18.0 Å². The molecule has 3 rings (SSSR count). The maximum Gasteiger partial charge on any atom is 0.490 e. The first kappa shape index (κ1) is 43.0. The van der Waals surface area contributed by atoms with Crippen molar-refractivity contribution in [2.24, 2.45) is 16.6 Å². The van der Waals surface area contributed by atoms with E-state index in [9.17, 15) is 37.5 Å². The summed E-state index contributed by atoms with van der Waals surface area (Å²) in [4.78, 5) is 63.9. The van der Waals surface area contributed by atoms with Gasteiger partial charge in [0.15, 0.2) is 5.96 Å². The largest absolute Gasteiger partial charge is 0.508 e. The summed E-state index contributed by atoms with van der Waals surface area (Å²) in [6.07, 6.45) is -4.45. The number of nitrogens with one attached hydrogen (secondary N) is 5. The number of nitrogens with two attached hydrogens (primary N) is 1. The smallest absolute Gasteiger partial charge is 0.490 e. The Kier molecular flexibility index (Phi) is 17.8. The van der Waals surface area contributed by atoms with Crippen LogP contribution in [0.15, 0.2) is 89.9 Å². The Morgan fingerprint density at radius 3 is 1.81 bits per heavy atom. The second kappa shape index (κ2) is 21.9. The van der Waals surface area contributed by atoms with Gasteiger partial charge in [0.05, 0.1) is 5.92 Å². The molecule has 0 fully saturated rings. The highest BCUT2D eigenvalue weighted by Gasteiger charge is 2.38. The van der Waals surface area contributed by atoms with E-state index in [0.717, 1.165) is 16.7 Å². The lowest BCUT2D eigenvalue weighted by molar-refractivity contribution is -0.192. The first-order valence-corrected chi connectivity index (χ1v) is 16.5. The van der Waals surface area contributed by atoms with Crippen molar-refractivity contribution in [3.05, 3.63) is 102 Å². The van der Waals surface area contributed by atoms with E-state index in [2.05, 4.69) is 31.6 Å². The molecule has 0 aliphatic rings. The molecule has 0 bridgehead atoms. The number of benzene rings is 3. The van der Waals surface area contributed by atoms with E-state index in [1.807, 2.05) is 60.7 Å². The zero-order valence-electron chi connectivity index (χ0n) is 29.2. The molecule has 3 aromatic rings. The van der Waals surface area contributed by atoms with Crippen LogP contribution in [0.2, 0.25) is 0 Å². The molecule has 5 amide bonds. The van der Waals surface area contributed by atoms with Crippen LogP contribution in [0.1, 0.15) is 49.3 Å². The number of aromatic hydroxyl groups is 1. The predicted octanol–water partition coefficient (Wildman–Crippen LogP) is 3.12. The van der Waals surface area contributed by atoms with Gasteiger partial charge in [0, 0.05) is 32.1 Å². The van der Waals surface area contributed by atoms with E-state index in [1.165, 1.54) is 12.1 Å². The molecule has 0 spiro atoms. The number of alkyl halides is 3. The third kappa shape index (κ3) is 16.6. The van der Waals surface area contributed by atoms with Gasteiger partial charge in [0.2, 0.25) is 17.7 Å². The van der Waals surface area contributed by atoms with Crippen molar-refractivity contribution in [1.29, 1.82) is 0 Å². The maximum absolute atomic E-state index is 13.8. The fourth-order valence-electron chi connectivity index (χ4n) is 4.50. The Hall–Kier alpha value is -6.13. The molecule has 0 aliphatic carbocycles. The van der Waals surface area contributed by atoms with Gasteiger partial charge < -0.3 is 37.2 Å². The summed E-state index contributed by atoms with van der Waals surface area (Å²) in [6, 6.07) is 23.7. The molecule has 0 radical (unpaired) electrons. The van der Waals surface area contributed by atoms with Crippen molar-refractivity contribution >= 4 is 35.7 Å². The van der Waals surface area contributed by atoms with Crippen molar-refractivity contribution in [2.75, 3.05) is 19.6 Å². The number of rotatable bonds is 15. The third-order valence-electron chi connectivity index (χ3n) is 7.22. The molecule has 0 saturated heterocycles. The number of amides is 5. The summed E-state index contributed by atoms with van der Waals surface area (Å²) in [5, 5.41) is 30.2. The highest BCUT2D eigenvalue weighted by atomic mass is 19.4. The zero-order chi connectivity index (χ0) is 39.4. The SMILES string of the molecule is CC(C)C(=O)NCCNC(=O)NC(N)=NCCC[C@@H](NC(=O)C(c1ccccc1)c1ccccc1)C(=O)NCc1ccc(O)cc1.O=C(O)C(F)(F)F. The van der Waals surface area contributed by atoms with Crippen LogP contribution < -0.4 is 32.3 Å². The number of guanidine groups is 1. The number of nitrogens with zero attached hydrogens (tertiary/aromatic N) is 1. The fraction of sp³-hybridized carbons (Fsp3) is 0.333. The Balaban J connectivity index is 0.00000126. The lowest BCUT2D eigenvalue weighted by Gasteiger charge is -2.23. The number of urea groups is 1. The number of hydrogen-bond acceptors (Lipinski definition) is 7. The number of carboxylic acids is 1.